The minimum Gasteiger partial charge on any atom is -0.281 e. The van der Waals surface area contributed by atoms with E-state index in [1.165, 1.54) is 6.07 Å². The summed E-state index contributed by atoms with van der Waals surface area (Å²) >= 11 is 0.992. The lowest BCUT2D eigenvalue weighted by Crippen LogP contribution is -2.26. The first-order valence-electron chi connectivity index (χ1n) is 7.44. The molecule has 10 heteroatoms. The Morgan fingerprint density at radius 1 is 1.15 bits per heavy atom. The van der Waals surface area contributed by atoms with Crippen LogP contribution in [0.4, 0.5) is 0 Å². The Kier molecular flexibility index (Phi) is 7.92. The Labute approximate surface area is 158 Å². The van der Waals surface area contributed by atoms with Gasteiger partial charge in [0, 0.05) is 13.0 Å². The van der Waals surface area contributed by atoms with E-state index in [9.17, 15) is 16.8 Å². The Balaban J connectivity index is 0.000000314. The highest BCUT2D eigenvalue weighted by molar-refractivity contribution is 7.89. The van der Waals surface area contributed by atoms with E-state index < -0.39 is 20.1 Å². The molecule has 7 nitrogen and oxygen atoms in total. The maximum atomic E-state index is 12.0. The third-order valence-corrected chi connectivity index (χ3v) is 7.14. The molecule has 0 unspecified atom stereocenters. The topological polar surface area (TPSA) is 124 Å². The molecule has 1 aromatic carbocycles. The molecule has 0 aliphatic heterocycles. The van der Waals surface area contributed by atoms with Crippen molar-refractivity contribution < 1.29 is 21.4 Å². The average molecular weight is 417 g/mol. The summed E-state index contributed by atoms with van der Waals surface area (Å²) in [6.45, 7) is 5.63. The van der Waals surface area contributed by atoms with E-state index in [0.29, 0.717) is 4.90 Å². The Morgan fingerprint density at radius 2 is 1.73 bits per heavy atom. The second kappa shape index (κ2) is 9.25. The molecular weight excluding hydrogens is 396 g/mol. The fraction of sp³-hybridized carbons (Fsp3) is 0.312. The van der Waals surface area contributed by atoms with Gasteiger partial charge in [0.1, 0.15) is 4.21 Å². The molecular formula is C16H20N2O5S3. The molecule has 2 rings (SSSR count). The van der Waals surface area contributed by atoms with E-state index in [1.54, 1.807) is 25.3 Å². The van der Waals surface area contributed by atoms with Gasteiger partial charge in [-0.2, -0.15) is 13.7 Å². The largest absolute Gasteiger partial charge is 0.304 e. The molecule has 0 bridgehead atoms. The van der Waals surface area contributed by atoms with Crippen LogP contribution >= 0.6 is 11.3 Å². The number of nitriles is 1. The van der Waals surface area contributed by atoms with Crippen molar-refractivity contribution in [1.82, 2.24) is 4.72 Å². The van der Waals surface area contributed by atoms with Gasteiger partial charge < -0.3 is 0 Å². The molecule has 0 saturated heterocycles. The van der Waals surface area contributed by atoms with Crippen LogP contribution in [0.1, 0.15) is 23.1 Å². The van der Waals surface area contributed by atoms with Crippen molar-refractivity contribution >= 4 is 31.5 Å². The van der Waals surface area contributed by atoms with Gasteiger partial charge in [-0.3, -0.25) is 4.55 Å². The predicted octanol–water partition coefficient (Wildman–Crippen LogP) is 2.80. The monoisotopic (exact) mass is 416 g/mol. The van der Waals surface area contributed by atoms with Crippen LogP contribution < -0.4 is 4.72 Å². The van der Waals surface area contributed by atoms with Gasteiger partial charge in [0.15, 0.2) is 0 Å². The van der Waals surface area contributed by atoms with Crippen LogP contribution in [0, 0.1) is 32.1 Å². The number of thiophene rings is 1. The molecule has 0 fully saturated rings. The number of aryl methyl sites for hydroxylation is 3. The summed E-state index contributed by atoms with van der Waals surface area (Å²) in [6.07, 6.45) is 0.170. The van der Waals surface area contributed by atoms with E-state index in [0.717, 1.165) is 28.0 Å². The van der Waals surface area contributed by atoms with Crippen molar-refractivity contribution in [2.45, 2.75) is 36.3 Å². The van der Waals surface area contributed by atoms with Crippen molar-refractivity contribution in [3.63, 3.8) is 0 Å². The van der Waals surface area contributed by atoms with Crippen molar-refractivity contribution in [3.8, 4) is 6.07 Å². The molecule has 2 aromatic rings. The van der Waals surface area contributed by atoms with Gasteiger partial charge in [-0.25, -0.2) is 13.1 Å². The summed E-state index contributed by atoms with van der Waals surface area (Å²) in [6, 6.07) is 8.49. The maximum Gasteiger partial charge on any atom is 0.304 e. The standard InChI is InChI=1S/C12H16N2O2S.C4H4O3S2/c1-9-7-10(2)12(11(3)8-9)17(15,16)14-6-4-5-13;5-9(6,7)4-2-1-3-8-4/h7-8,14H,4,6H2,1-3H3;1-3H,(H,5,6,7). The highest BCUT2D eigenvalue weighted by atomic mass is 32.3. The second-order valence-electron chi connectivity index (χ2n) is 5.44. The van der Waals surface area contributed by atoms with Gasteiger partial charge in [-0.05, 0) is 43.3 Å². The summed E-state index contributed by atoms with van der Waals surface area (Å²) < 4.78 is 55.4. The molecule has 0 atom stereocenters. The third kappa shape index (κ3) is 6.51. The van der Waals surface area contributed by atoms with E-state index in [2.05, 4.69) is 4.72 Å². The second-order valence-corrected chi connectivity index (χ2v) is 9.74. The highest BCUT2D eigenvalue weighted by Crippen LogP contribution is 2.21. The summed E-state index contributed by atoms with van der Waals surface area (Å²) in [7, 11) is -7.45. The Bertz CT molecular complexity index is 966. The molecule has 1 heterocycles. The van der Waals surface area contributed by atoms with Crippen molar-refractivity contribution in [2.75, 3.05) is 6.54 Å². The van der Waals surface area contributed by atoms with Gasteiger partial charge in [-0.1, -0.05) is 23.8 Å². The van der Waals surface area contributed by atoms with Gasteiger partial charge >= 0.3 is 10.1 Å². The third-order valence-electron chi connectivity index (χ3n) is 3.15. The number of benzene rings is 1. The lowest BCUT2D eigenvalue weighted by atomic mass is 10.1. The van der Waals surface area contributed by atoms with Crippen LogP contribution in [0.15, 0.2) is 38.8 Å². The predicted molar refractivity (Wildman–Crippen MR) is 100 cm³/mol. The first kappa shape index (κ1) is 22.3. The zero-order chi connectivity index (χ0) is 20.0. The molecule has 1 aromatic heterocycles. The lowest BCUT2D eigenvalue weighted by molar-refractivity contribution is 0.485. The summed E-state index contributed by atoms with van der Waals surface area (Å²) in [5, 5.41) is 9.98. The molecule has 0 aliphatic carbocycles. The van der Waals surface area contributed by atoms with E-state index in [1.807, 2.05) is 25.1 Å². The minimum absolute atomic E-state index is 0.0116. The zero-order valence-electron chi connectivity index (χ0n) is 14.6. The van der Waals surface area contributed by atoms with Crippen LogP contribution in [-0.4, -0.2) is 27.9 Å². The fourth-order valence-electron chi connectivity index (χ4n) is 2.31. The SMILES string of the molecule is Cc1cc(C)c(S(=O)(=O)NCCC#N)c(C)c1.O=S(=O)(O)c1cccs1. The van der Waals surface area contributed by atoms with Gasteiger partial charge in [0.2, 0.25) is 10.0 Å². The molecule has 26 heavy (non-hydrogen) atoms. The van der Waals surface area contributed by atoms with Crippen LogP contribution in [0.3, 0.4) is 0 Å². The molecule has 142 valence electrons. The molecule has 0 amide bonds. The highest BCUT2D eigenvalue weighted by Gasteiger charge is 2.18. The van der Waals surface area contributed by atoms with Crippen molar-refractivity contribution in [3.05, 3.63) is 46.3 Å². The first-order valence-corrected chi connectivity index (χ1v) is 11.2. The number of sulfonamides is 1. The number of hydrogen-bond donors (Lipinski definition) is 2. The normalized spacial score (nSPS) is 11.3. The van der Waals surface area contributed by atoms with Gasteiger partial charge in [0.05, 0.1) is 11.0 Å². The number of hydrogen-bond acceptors (Lipinski definition) is 6. The van der Waals surface area contributed by atoms with Crippen molar-refractivity contribution in [2.24, 2.45) is 0 Å². The van der Waals surface area contributed by atoms with E-state index in [-0.39, 0.29) is 17.2 Å². The van der Waals surface area contributed by atoms with Gasteiger partial charge in [-0.15, -0.1) is 11.3 Å². The minimum atomic E-state index is -3.94. The number of rotatable bonds is 5. The van der Waals surface area contributed by atoms with Crippen LogP contribution in [-0.2, 0) is 20.1 Å². The summed E-state index contributed by atoms with van der Waals surface area (Å²) in [5.74, 6) is 0. The van der Waals surface area contributed by atoms with Crippen LogP contribution in [0.25, 0.3) is 0 Å². The number of nitrogens with one attached hydrogen (secondary N) is 1. The smallest absolute Gasteiger partial charge is 0.281 e. The average Bonchev–Trinajstić information content (AvgIpc) is 3.00. The molecule has 2 N–H and O–H groups in total. The van der Waals surface area contributed by atoms with E-state index in [4.69, 9.17) is 9.81 Å². The first-order chi connectivity index (χ1) is 12.0. The van der Waals surface area contributed by atoms with E-state index >= 15 is 0 Å². The van der Waals surface area contributed by atoms with Crippen LogP contribution in [0.5, 0.6) is 0 Å². The van der Waals surface area contributed by atoms with Gasteiger partial charge in [0.25, 0.3) is 0 Å². The molecule has 0 aliphatic rings. The maximum absolute atomic E-state index is 12.0. The Morgan fingerprint density at radius 3 is 2.12 bits per heavy atom. The quantitative estimate of drug-likeness (QED) is 0.570. The Hall–Kier alpha value is -1.77. The number of nitrogens with zero attached hydrogens (tertiary/aromatic N) is 1. The molecule has 0 saturated carbocycles. The fourth-order valence-corrected chi connectivity index (χ4v) is 5.15. The summed E-state index contributed by atoms with van der Waals surface area (Å²) in [5.41, 5.74) is 2.50. The lowest BCUT2D eigenvalue weighted by Gasteiger charge is -2.12. The molecule has 0 spiro atoms. The molecule has 0 radical (unpaired) electrons. The zero-order valence-corrected chi connectivity index (χ0v) is 17.0. The van der Waals surface area contributed by atoms with Crippen LogP contribution in [0.2, 0.25) is 0 Å². The summed E-state index contributed by atoms with van der Waals surface area (Å²) in [4.78, 5) is 0.320. The van der Waals surface area contributed by atoms with Crippen molar-refractivity contribution in [1.29, 1.82) is 5.26 Å².